The van der Waals surface area contributed by atoms with Crippen molar-refractivity contribution in [2.24, 2.45) is 0 Å². The van der Waals surface area contributed by atoms with E-state index in [1.165, 1.54) is 30.1 Å². The van der Waals surface area contributed by atoms with Crippen LogP contribution in [-0.4, -0.2) is 45.7 Å². The molecule has 0 saturated carbocycles. The SMILES string of the molecule is CSCC[C@@H](C(=O)Nc1ncc(Cc2cc(F)cc(F)c2)s1)N1C(=O)c2ccccc2C1=O. The lowest BCUT2D eigenvalue weighted by molar-refractivity contribution is -0.120. The molecule has 3 amide bonds. The largest absolute Gasteiger partial charge is 0.300 e. The molecule has 0 aliphatic carbocycles. The van der Waals surface area contributed by atoms with Crippen molar-refractivity contribution in [3.63, 3.8) is 0 Å². The molecule has 2 aromatic carbocycles. The smallest absolute Gasteiger partial charge is 0.262 e. The van der Waals surface area contributed by atoms with Crippen LogP contribution in [0.1, 0.15) is 37.6 Å². The zero-order chi connectivity index (χ0) is 23.5. The number of nitrogens with zero attached hydrogens (tertiary/aromatic N) is 2. The van der Waals surface area contributed by atoms with Crippen LogP contribution < -0.4 is 5.32 Å². The van der Waals surface area contributed by atoms with Crippen molar-refractivity contribution in [3.05, 3.63) is 81.9 Å². The molecule has 1 aromatic heterocycles. The molecule has 1 aliphatic heterocycles. The Morgan fingerprint density at radius 3 is 2.36 bits per heavy atom. The molecule has 2 heterocycles. The number of imide groups is 1. The van der Waals surface area contributed by atoms with Crippen molar-refractivity contribution in [2.75, 3.05) is 17.3 Å². The number of amides is 3. The second-order valence-electron chi connectivity index (χ2n) is 7.40. The van der Waals surface area contributed by atoms with Crippen molar-refractivity contribution in [1.29, 1.82) is 0 Å². The lowest BCUT2D eigenvalue weighted by atomic mass is 10.1. The van der Waals surface area contributed by atoms with Crippen LogP contribution in [0.3, 0.4) is 0 Å². The Kier molecular flexibility index (Phi) is 6.85. The van der Waals surface area contributed by atoms with E-state index in [-0.39, 0.29) is 22.7 Å². The molecule has 1 aliphatic rings. The van der Waals surface area contributed by atoms with Crippen molar-refractivity contribution in [2.45, 2.75) is 18.9 Å². The van der Waals surface area contributed by atoms with Crippen molar-refractivity contribution in [3.8, 4) is 0 Å². The van der Waals surface area contributed by atoms with Gasteiger partial charge in [-0.3, -0.25) is 19.3 Å². The van der Waals surface area contributed by atoms with Gasteiger partial charge in [-0.25, -0.2) is 13.8 Å². The number of carbonyl (C=O) groups is 3. The highest BCUT2D eigenvalue weighted by molar-refractivity contribution is 7.98. The van der Waals surface area contributed by atoms with Crippen molar-refractivity contribution >= 4 is 46.0 Å². The summed E-state index contributed by atoms with van der Waals surface area (Å²) in [7, 11) is 0. The van der Waals surface area contributed by atoms with Crippen LogP contribution in [0.25, 0.3) is 0 Å². The van der Waals surface area contributed by atoms with Gasteiger partial charge in [0.25, 0.3) is 11.8 Å². The van der Waals surface area contributed by atoms with Gasteiger partial charge in [0, 0.05) is 23.6 Å². The summed E-state index contributed by atoms with van der Waals surface area (Å²) in [6, 6.07) is 8.77. The fraction of sp³-hybridized carbons (Fsp3) is 0.217. The van der Waals surface area contributed by atoms with Gasteiger partial charge in [-0.1, -0.05) is 12.1 Å². The van der Waals surface area contributed by atoms with Gasteiger partial charge in [-0.2, -0.15) is 11.8 Å². The summed E-state index contributed by atoms with van der Waals surface area (Å²) >= 11 is 2.66. The first-order valence-corrected chi connectivity index (χ1v) is 12.2. The summed E-state index contributed by atoms with van der Waals surface area (Å²) in [5.74, 6) is -2.27. The lowest BCUT2D eigenvalue weighted by Crippen LogP contribution is -2.47. The van der Waals surface area contributed by atoms with E-state index in [0.717, 1.165) is 22.3 Å². The minimum absolute atomic E-state index is 0.247. The Labute approximate surface area is 197 Å². The van der Waals surface area contributed by atoms with E-state index >= 15 is 0 Å². The number of thioether (sulfide) groups is 1. The molecule has 0 fully saturated rings. The number of thiazole rings is 1. The summed E-state index contributed by atoms with van der Waals surface area (Å²) in [4.78, 5) is 44.7. The summed E-state index contributed by atoms with van der Waals surface area (Å²) in [6.45, 7) is 0. The van der Waals surface area contributed by atoms with E-state index in [1.807, 2.05) is 6.26 Å². The normalized spacial score (nSPS) is 13.8. The van der Waals surface area contributed by atoms with E-state index in [2.05, 4.69) is 10.3 Å². The quantitative estimate of drug-likeness (QED) is 0.478. The van der Waals surface area contributed by atoms with Gasteiger partial charge in [-0.15, -0.1) is 11.3 Å². The average Bonchev–Trinajstić information content (AvgIpc) is 3.31. The number of rotatable bonds is 8. The molecule has 33 heavy (non-hydrogen) atoms. The fourth-order valence-electron chi connectivity index (χ4n) is 3.65. The van der Waals surface area contributed by atoms with Gasteiger partial charge >= 0.3 is 0 Å². The van der Waals surface area contributed by atoms with E-state index in [0.29, 0.717) is 22.6 Å². The minimum Gasteiger partial charge on any atom is -0.300 e. The zero-order valence-corrected chi connectivity index (χ0v) is 19.1. The van der Waals surface area contributed by atoms with Gasteiger partial charge in [0.1, 0.15) is 17.7 Å². The third kappa shape index (κ3) is 4.96. The van der Waals surface area contributed by atoms with Gasteiger partial charge < -0.3 is 5.32 Å². The third-order valence-corrected chi connectivity index (χ3v) is 6.68. The maximum atomic E-state index is 13.4. The van der Waals surface area contributed by atoms with Crippen LogP contribution in [0.15, 0.2) is 48.7 Å². The Morgan fingerprint density at radius 1 is 1.12 bits per heavy atom. The first-order valence-electron chi connectivity index (χ1n) is 10.0. The summed E-state index contributed by atoms with van der Waals surface area (Å²) in [6.07, 6.45) is 3.93. The fourth-order valence-corrected chi connectivity index (χ4v) is 4.96. The molecule has 0 bridgehead atoms. The highest BCUT2D eigenvalue weighted by Crippen LogP contribution is 2.28. The Bertz CT molecular complexity index is 1180. The van der Waals surface area contributed by atoms with E-state index < -0.39 is 35.4 Å². The summed E-state index contributed by atoms with van der Waals surface area (Å²) in [5.41, 5.74) is 1.00. The first-order chi connectivity index (χ1) is 15.9. The molecule has 0 saturated heterocycles. The number of halogens is 2. The number of aromatic nitrogens is 1. The molecule has 0 radical (unpaired) electrons. The number of hydrogen-bond donors (Lipinski definition) is 1. The second kappa shape index (κ2) is 9.80. The molecule has 3 aromatic rings. The Balaban J connectivity index is 1.51. The predicted octanol–water partition coefficient (Wildman–Crippen LogP) is 4.37. The van der Waals surface area contributed by atoms with E-state index in [1.54, 1.807) is 24.3 Å². The van der Waals surface area contributed by atoms with Crippen LogP contribution in [-0.2, 0) is 11.2 Å². The molecule has 170 valence electrons. The summed E-state index contributed by atoms with van der Waals surface area (Å²) < 4.78 is 26.9. The van der Waals surface area contributed by atoms with Crippen LogP contribution in [0.5, 0.6) is 0 Å². The first kappa shape index (κ1) is 23.1. The zero-order valence-electron chi connectivity index (χ0n) is 17.5. The highest BCUT2D eigenvalue weighted by Gasteiger charge is 2.42. The molecular formula is C23H19F2N3O3S2. The van der Waals surface area contributed by atoms with E-state index in [4.69, 9.17) is 0 Å². The molecule has 1 atom stereocenters. The average molecular weight is 488 g/mol. The summed E-state index contributed by atoms with van der Waals surface area (Å²) in [5, 5.41) is 2.97. The number of carbonyl (C=O) groups excluding carboxylic acids is 3. The van der Waals surface area contributed by atoms with Crippen LogP contribution >= 0.6 is 23.1 Å². The van der Waals surface area contributed by atoms with Gasteiger partial charge in [0.2, 0.25) is 5.91 Å². The van der Waals surface area contributed by atoms with Gasteiger partial charge in [0.05, 0.1) is 11.1 Å². The molecule has 6 nitrogen and oxygen atoms in total. The van der Waals surface area contributed by atoms with Crippen molar-refractivity contribution < 1.29 is 23.2 Å². The molecule has 4 rings (SSSR count). The van der Waals surface area contributed by atoms with Gasteiger partial charge in [0.15, 0.2) is 5.13 Å². The number of hydrogen-bond acceptors (Lipinski definition) is 6. The molecule has 10 heteroatoms. The monoisotopic (exact) mass is 487 g/mol. The molecule has 0 unspecified atom stereocenters. The Hall–Kier alpha value is -3.11. The maximum absolute atomic E-state index is 13.4. The second-order valence-corrected chi connectivity index (χ2v) is 9.50. The minimum atomic E-state index is -0.991. The topological polar surface area (TPSA) is 79.4 Å². The maximum Gasteiger partial charge on any atom is 0.262 e. The number of fused-ring (bicyclic) bond motifs is 1. The number of nitrogens with one attached hydrogen (secondary N) is 1. The lowest BCUT2D eigenvalue weighted by Gasteiger charge is -2.24. The number of anilines is 1. The van der Waals surface area contributed by atoms with Crippen LogP contribution in [0, 0.1) is 11.6 Å². The van der Waals surface area contributed by atoms with Crippen molar-refractivity contribution in [1.82, 2.24) is 9.88 Å². The standard InChI is InChI=1S/C23H19F2N3O3S2/c1-32-7-6-19(28-21(30)17-4-2-3-5-18(17)22(28)31)20(29)27-23-26-12-16(33-23)10-13-8-14(24)11-15(25)9-13/h2-5,8-9,11-12,19H,6-7,10H2,1H3,(H,26,27,29)/t19-/m0/s1. The predicted molar refractivity (Wildman–Crippen MR) is 124 cm³/mol. The van der Waals surface area contributed by atoms with E-state index in [9.17, 15) is 23.2 Å². The molecule has 1 N–H and O–H groups in total. The Morgan fingerprint density at radius 2 is 1.76 bits per heavy atom. The van der Waals surface area contributed by atoms with Gasteiger partial charge in [-0.05, 0) is 48.3 Å². The molecule has 0 spiro atoms. The molecular weight excluding hydrogens is 468 g/mol. The van der Waals surface area contributed by atoms with Crippen LogP contribution in [0.2, 0.25) is 0 Å². The highest BCUT2D eigenvalue weighted by atomic mass is 32.2. The number of benzene rings is 2. The van der Waals surface area contributed by atoms with Crippen LogP contribution in [0.4, 0.5) is 13.9 Å². The third-order valence-electron chi connectivity index (χ3n) is 5.12.